The van der Waals surface area contributed by atoms with Gasteiger partial charge in [-0.25, -0.2) is 0 Å². The molecule has 1 aliphatic rings. The first-order valence-corrected chi connectivity index (χ1v) is 7.04. The second-order valence-electron chi connectivity index (χ2n) is 5.07. The molecule has 0 aliphatic carbocycles. The van der Waals surface area contributed by atoms with E-state index in [2.05, 4.69) is 58.9 Å². The van der Waals surface area contributed by atoms with Crippen LogP contribution in [0, 0.1) is 5.92 Å². The number of hydrogen-bond donors (Lipinski definition) is 0. The number of hydrogen-bond acceptors (Lipinski definition) is 2. The fourth-order valence-corrected chi connectivity index (χ4v) is 2.71. The Morgan fingerprint density at radius 1 is 1.47 bits per heavy atom. The van der Waals surface area contributed by atoms with Crippen molar-refractivity contribution in [3.05, 3.63) is 34.3 Å². The van der Waals surface area contributed by atoms with E-state index in [0.717, 1.165) is 36.6 Å². The van der Waals surface area contributed by atoms with E-state index in [4.69, 9.17) is 4.74 Å². The van der Waals surface area contributed by atoms with Crippen LogP contribution in [0.1, 0.15) is 25.5 Å². The van der Waals surface area contributed by atoms with Crippen LogP contribution in [-0.4, -0.2) is 31.1 Å². The maximum atomic E-state index is 5.87. The average Bonchev–Trinajstić information content (AvgIpc) is 2.28. The lowest BCUT2D eigenvalue weighted by Gasteiger charge is -2.34. The van der Waals surface area contributed by atoms with Gasteiger partial charge in [0.25, 0.3) is 0 Å². The van der Waals surface area contributed by atoms with Crippen LogP contribution in [0.25, 0.3) is 0 Å². The summed E-state index contributed by atoms with van der Waals surface area (Å²) in [7, 11) is 0. The van der Waals surface area contributed by atoms with E-state index >= 15 is 0 Å². The van der Waals surface area contributed by atoms with Crippen molar-refractivity contribution in [3.63, 3.8) is 0 Å². The van der Waals surface area contributed by atoms with E-state index in [-0.39, 0.29) is 6.10 Å². The van der Waals surface area contributed by atoms with Gasteiger partial charge in [-0.1, -0.05) is 41.9 Å². The Bertz CT molecular complexity index is 367. The Labute approximate surface area is 112 Å². The first-order valence-electron chi connectivity index (χ1n) is 6.24. The Morgan fingerprint density at radius 2 is 2.29 bits per heavy atom. The van der Waals surface area contributed by atoms with Crippen molar-refractivity contribution >= 4 is 15.9 Å². The molecule has 0 bridgehead atoms. The van der Waals surface area contributed by atoms with E-state index < -0.39 is 0 Å². The maximum Gasteiger partial charge on any atom is 0.0952 e. The van der Waals surface area contributed by atoms with Crippen molar-refractivity contribution in [1.29, 1.82) is 0 Å². The molecule has 1 saturated heterocycles. The highest BCUT2D eigenvalue weighted by atomic mass is 79.9. The Hall–Kier alpha value is -0.380. The van der Waals surface area contributed by atoms with E-state index in [1.807, 2.05) is 0 Å². The van der Waals surface area contributed by atoms with Gasteiger partial charge in [0.2, 0.25) is 0 Å². The predicted octanol–water partition coefficient (Wildman–Crippen LogP) is 3.48. The topological polar surface area (TPSA) is 12.5 Å². The molecule has 0 radical (unpaired) electrons. The van der Waals surface area contributed by atoms with Gasteiger partial charge in [0.1, 0.15) is 0 Å². The van der Waals surface area contributed by atoms with Crippen molar-refractivity contribution in [2.45, 2.75) is 20.0 Å². The Morgan fingerprint density at radius 3 is 3.00 bits per heavy atom. The minimum Gasteiger partial charge on any atom is -0.371 e. The molecule has 1 aromatic carbocycles. The fraction of sp³-hybridized carbons (Fsp3) is 0.571. The molecule has 0 saturated carbocycles. The van der Waals surface area contributed by atoms with Gasteiger partial charge < -0.3 is 4.74 Å². The minimum absolute atomic E-state index is 0.222. The average molecular weight is 298 g/mol. The summed E-state index contributed by atoms with van der Waals surface area (Å²) in [5, 5.41) is 0. The molecule has 0 amide bonds. The molecule has 1 aliphatic heterocycles. The highest BCUT2D eigenvalue weighted by Crippen LogP contribution is 2.24. The molecular weight excluding hydrogens is 278 g/mol. The maximum absolute atomic E-state index is 5.87. The number of rotatable bonds is 3. The van der Waals surface area contributed by atoms with Gasteiger partial charge in [0.15, 0.2) is 0 Å². The van der Waals surface area contributed by atoms with Crippen LogP contribution < -0.4 is 0 Å². The SMILES string of the molecule is CC(C)CN1CCOC(c2cccc(Br)c2)C1. The highest BCUT2D eigenvalue weighted by Gasteiger charge is 2.22. The summed E-state index contributed by atoms with van der Waals surface area (Å²) < 4.78 is 6.99. The third-order valence-corrected chi connectivity index (χ3v) is 3.49. The van der Waals surface area contributed by atoms with E-state index in [1.54, 1.807) is 0 Å². The van der Waals surface area contributed by atoms with Crippen molar-refractivity contribution in [2.75, 3.05) is 26.2 Å². The van der Waals surface area contributed by atoms with E-state index in [1.165, 1.54) is 5.56 Å². The molecule has 3 heteroatoms. The summed E-state index contributed by atoms with van der Waals surface area (Å²) in [4.78, 5) is 2.50. The second-order valence-corrected chi connectivity index (χ2v) is 5.98. The molecular formula is C14H20BrNO. The quantitative estimate of drug-likeness (QED) is 0.847. The summed E-state index contributed by atoms with van der Waals surface area (Å²) >= 11 is 3.52. The fourth-order valence-electron chi connectivity index (χ4n) is 2.29. The third-order valence-electron chi connectivity index (χ3n) is 2.99. The molecule has 94 valence electrons. The van der Waals surface area contributed by atoms with E-state index in [0.29, 0.717) is 0 Å². The van der Waals surface area contributed by atoms with Gasteiger partial charge in [-0.3, -0.25) is 4.90 Å². The van der Waals surface area contributed by atoms with Gasteiger partial charge in [0, 0.05) is 24.1 Å². The zero-order valence-corrected chi connectivity index (χ0v) is 12.1. The lowest BCUT2D eigenvalue weighted by Crippen LogP contribution is -2.40. The monoisotopic (exact) mass is 297 g/mol. The minimum atomic E-state index is 0.222. The van der Waals surface area contributed by atoms with Crippen LogP contribution in [0.5, 0.6) is 0 Å². The van der Waals surface area contributed by atoms with Gasteiger partial charge in [-0.15, -0.1) is 0 Å². The van der Waals surface area contributed by atoms with Crippen LogP contribution in [0.3, 0.4) is 0 Å². The molecule has 0 N–H and O–H groups in total. The van der Waals surface area contributed by atoms with Gasteiger partial charge in [-0.05, 0) is 23.6 Å². The highest BCUT2D eigenvalue weighted by molar-refractivity contribution is 9.10. The van der Waals surface area contributed by atoms with Crippen LogP contribution in [0.15, 0.2) is 28.7 Å². The number of halogens is 1. The summed E-state index contributed by atoms with van der Waals surface area (Å²) in [6, 6.07) is 8.43. The number of nitrogens with zero attached hydrogens (tertiary/aromatic N) is 1. The van der Waals surface area contributed by atoms with Crippen LogP contribution in [0.4, 0.5) is 0 Å². The second kappa shape index (κ2) is 5.98. The van der Waals surface area contributed by atoms with Crippen molar-refractivity contribution in [2.24, 2.45) is 5.92 Å². The molecule has 1 heterocycles. The molecule has 0 aromatic heterocycles. The molecule has 2 nitrogen and oxygen atoms in total. The molecule has 1 fully saturated rings. The number of morpholine rings is 1. The zero-order valence-electron chi connectivity index (χ0n) is 10.5. The molecule has 2 rings (SSSR count). The lowest BCUT2D eigenvalue weighted by atomic mass is 10.1. The predicted molar refractivity (Wildman–Crippen MR) is 74.1 cm³/mol. The third kappa shape index (κ3) is 3.80. The van der Waals surface area contributed by atoms with Gasteiger partial charge in [0.05, 0.1) is 12.7 Å². The summed E-state index contributed by atoms with van der Waals surface area (Å²) in [5.74, 6) is 0.719. The molecule has 17 heavy (non-hydrogen) atoms. The zero-order chi connectivity index (χ0) is 12.3. The molecule has 1 atom stereocenters. The van der Waals surface area contributed by atoms with Crippen LogP contribution >= 0.6 is 15.9 Å². The van der Waals surface area contributed by atoms with E-state index in [9.17, 15) is 0 Å². The van der Waals surface area contributed by atoms with Crippen molar-refractivity contribution in [1.82, 2.24) is 4.90 Å². The molecule has 1 aromatic rings. The smallest absolute Gasteiger partial charge is 0.0952 e. The lowest BCUT2D eigenvalue weighted by molar-refractivity contribution is -0.0332. The number of ether oxygens (including phenoxy) is 1. The standard InChI is InChI=1S/C14H20BrNO/c1-11(2)9-16-6-7-17-14(10-16)12-4-3-5-13(15)8-12/h3-5,8,11,14H,6-7,9-10H2,1-2H3. The summed E-state index contributed by atoms with van der Waals surface area (Å²) in [6.45, 7) is 8.60. The number of benzene rings is 1. The van der Waals surface area contributed by atoms with Crippen molar-refractivity contribution < 1.29 is 4.74 Å². The Balaban J connectivity index is 2.02. The first-order chi connectivity index (χ1) is 8.15. The molecule has 1 unspecified atom stereocenters. The first kappa shape index (κ1) is 13.1. The normalized spacial score (nSPS) is 22.0. The van der Waals surface area contributed by atoms with Crippen molar-refractivity contribution in [3.8, 4) is 0 Å². The summed E-state index contributed by atoms with van der Waals surface area (Å²) in [6.07, 6.45) is 0.222. The largest absolute Gasteiger partial charge is 0.371 e. The van der Waals surface area contributed by atoms with Gasteiger partial charge in [-0.2, -0.15) is 0 Å². The molecule has 0 spiro atoms. The van der Waals surface area contributed by atoms with Crippen LogP contribution in [-0.2, 0) is 4.74 Å². The Kier molecular flexibility index (Phi) is 4.60. The van der Waals surface area contributed by atoms with Crippen LogP contribution in [0.2, 0.25) is 0 Å². The summed E-state index contributed by atoms with van der Waals surface area (Å²) in [5.41, 5.74) is 1.27. The van der Waals surface area contributed by atoms with Gasteiger partial charge >= 0.3 is 0 Å².